The maximum atomic E-state index is 12.8. The van der Waals surface area contributed by atoms with Crippen molar-refractivity contribution in [2.45, 2.75) is 6.42 Å². The number of carbonyl (C=O) groups excluding carboxylic acids is 2. The highest BCUT2D eigenvalue weighted by Crippen LogP contribution is 2.19. The predicted molar refractivity (Wildman–Crippen MR) is 102 cm³/mol. The van der Waals surface area contributed by atoms with Gasteiger partial charge in [-0.1, -0.05) is 17.3 Å². The zero-order chi connectivity index (χ0) is 21.5. The molecule has 0 aliphatic heterocycles. The minimum Gasteiger partial charge on any atom is -0.354 e. The summed E-state index contributed by atoms with van der Waals surface area (Å²) in [6.07, 6.45) is 0.0937. The number of nitrogens with one attached hydrogen (secondary N) is 2. The maximum absolute atomic E-state index is 12.8. The van der Waals surface area contributed by atoms with Crippen molar-refractivity contribution in [3.8, 4) is 11.4 Å². The number of aromatic nitrogens is 2. The van der Waals surface area contributed by atoms with Crippen molar-refractivity contribution in [1.82, 2.24) is 20.8 Å². The van der Waals surface area contributed by atoms with Gasteiger partial charge in [0.05, 0.1) is 11.3 Å². The van der Waals surface area contributed by atoms with Crippen LogP contribution in [-0.2, 0) is 11.2 Å². The van der Waals surface area contributed by atoms with E-state index < -0.39 is 10.8 Å². The highest BCUT2D eigenvalue weighted by Gasteiger charge is 2.16. The van der Waals surface area contributed by atoms with Crippen LogP contribution in [0.15, 0.2) is 53.1 Å². The van der Waals surface area contributed by atoms with E-state index in [2.05, 4.69) is 20.8 Å². The minimum absolute atomic E-state index is 0.0818. The number of amides is 2. The maximum Gasteiger partial charge on any atom is 0.316 e. The van der Waals surface area contributed by atoms with Crippen LogP contribution in [0.2, 0.25) is 0 Å². The van der Waals surface area contributed by atoms with Crippen molar-refractivity contribution in [2.24, 2.45) is 0 Å². The second-order valence-corrected chi connectivity index (χ2v) is 6.14. The van der Waals surface area contributed by atoms with Crippen LogP contribution in [0.5, 0.6) is 0 Å². The van der Waals surface area contributed by atoms with Gasteiger partial charge in [-0.3, -0.25) is 19.7 Å². The summed E-state index contributed by atoms with van der Waals surface area (Å²) in [5.41, 5.74) is 1.04. The lowest BCUT2D eigenvalue weighted by molar-refractivity contribution is -0.384. The molecule has 11 heteroatoms. The molecule has 0 saturated heterocycles. The molecule has 3 aromatic rings. The molecule has 2 aromatic carbocycles. The Morgan fingerprint density at radius 3 is 2.37 bits per heavy atom. The number of hydrogen-bond acceptors (Lipinski definition) is 7. The monoisotopic (exact) mass is 413 g/mol. The number of carbonyl (C=O) groups is 2. The molecule has 0 unspecified atom stereocenters. The minimum atomic E-state index is -0.622. The van der Waals surface area contributed by atoms with E-state index >= 15 is 0 Å². The number of rotatable bonds is 8. The van der Waals surface area contributed by atoms with E-state index in [9.17, 15) is 24.1 Å². The summed E-state index contributed by atoms with van der Waals surface area (Å²) in [4.78, 5) is 38.0. The van der Waals surface area contributed by atoms with Gasteiger partial charge < -0.3 is 15.2 Å². The lowest BCUT2D eigenvalue weighted by Gasteiger charge is -2.06. The molecule has 3 rings (SSSR count). The Morgan fingerprint density at radius 2 is 1.70 bits per heavy atom. The van der Waals surface area contributed by atoms with Crippen molar-refractivity contribution in [1.29, 1.82) is 0 Å². The number of non-ortho nitro benzene ring substituents is 1. The van der Waals surface area contributed by atoms with Crippen molar-refractivity contribution < 1.29 is 23.4 Å². The van der Waals surface area contributed by atoms with Crippen molar-refractivity contribution in [3.05, 3.63) is 75.9 Å². The smallest absolute Gasteiger partial charge is 0.316 e. The zero-order valence-electron chi connectivity index (χ0n) is 15.5. The van der Waals surface area contributed by atoms with Crippen LogP contribution in [-0.4, -0.2) is 40.0 Å². The van der Waals surface area contributed by atoms with Gasteiger partial charge in [0.25, 0.3) is 5.69 Å². The molecule has 154 valence electrons. The third kappa shape index (κ3) is 5.44. The molecule has 2 N–H and O–H groups in total. The van der Waals surface area contributed by atoms with Gasteiger partial charge in [0.2, 0.25) is 11.7 Å². The average Bonchev–Trinajstić information content (AvgIpc) is 3.23. The summed E-state index contributed by atoms with van der Waals surface area (Å²) in [5, 5.41) is 19.5. The predicted octanol–water partition coefficient (Wildman–Crippen LogP) is 1.87. The van der Waals surface area contributed by atoms with Gasteiger partial charge in [-0.25, -0.2) is 4.39 Å². The Morgan fingerprint density at radius 1 is 1.03 bits per heavy atom. The second kappa shape index (κ2) is 9.37. The molecule has 0 spiro atoms. The summed E-state index contributed by atoms with van der Waals surface area (Å²) in [6, 6.07) is 11.1. The molecule has 1 heterocycles. The van der Waals surface area contributed by atoms with Gasteiger partial charge in [-0.15, -0.1) is 0 Å². The zero-order valence-corrected chi connectivity index (χ0v) is 15.5. The summed E-state index contributed by atoms with van der Waals surface area (Å²) < 4.78 is 17.7. The van der Waals surface area contributed by atoms with E-state index in [1.54, 1.807) is 0 Å². The van der Waals surface area contributed by atoms with E-state index in [1.165, 1.54) is 48.5 Å². The fourth-order valence-electron chi connectivity index (χ4n) is 2.47. The number of nitro groups is 1. The number of hydrogen-bond donors (Lipinski definition) is 2. The Kier molecular flexibility index (Phi) is 6.42. The molecule has 10 nitrogen and oxygen atoms in total. The fourth-order valence-corrected chi connectivity index (χ4v) is 2.47. The van der Waals surface area contributed by atoms with Crippen LogP contribution < -0.4 is 10.6 Å². The Bertz CT molecular complexity index is 1050. The van der Waals surface area contributed by atoms with Crippen LogP contribution in [0.25, 0.3) is 11.4 Å². The summed E-state index contributed by atoms with van der Waals surface area (Å²) >= 11 is 0. The molecule has 0 radical (unpaired) electrons. The highest BCUT2D eigenvalue weighted by atomic mass is 19.1. The first kappa shape index (κ1) is 20.6. The van der Waals surface area contributed by atoms with Gasteiger partial charge >= 0.3 is 11.8 Å². The van der Waals surface area contributed by atoms with Gasteiger partial charge in [0.1, 0.15) is 5.82 Å². The standard InChI is InChI=1S/C19H16FN5O5/c20-14-5-1-12(2-6-14)11-16(26)21-9-10-22-18(27)19-23-17(24-30-19)13-3-7-15(8-4-13)25(28)29/h1-8H,9-11H2,(H,21,26)(H,22,27). The van der Waals surface area contributed by atoms with E-state index in [4.69, 9.17) is 4.52 Å². The Hall–Kier alpha value is -4.15. The molecule has 0 bridgehead atoms. The molecule has 2 amide bonds. The lowest BCUT2D eigenvalue weighted by Crippen LogP contribution is -2.35. The van der Waals surface area contributed by atoms with Crippen LogP contribution in [0.3, 0.4) is 0 Å². The summed E-state index contributed by atoms with van der Waals surface area (Å²) in [6.45, 7) is 0.304. The van der Waals surface area contributed by atoms with E-state index in [0.29, 0.717) is 11.1 Å². The molecule has 0 aliphatic rings. The van der Waals surface area contributed by atoms with E-state index in [1.807, 2.05) is 0 Å². The number of nitro benzene ring substituents is 1. The highest BCUT2D eigenvalue weighted by molar-refractivity contribution is 5.90. The molecule has 0 aliphatic carbocycles. The topological polar surface area (TPSA) is 140 Å². The van der Waals surface area contributed by atoms with Crippen LogP contribution in [0.4, 0.5) is 10.1 Å². The van der Waals surface area contributed by atoms with Crippen LogP contribution in [0, 0.1) is 15.9 Å². The Balaban J connectivity index is 1.44. The molecule has 30 heavy (non-hydrogen) atoms. The van der Waals surface area contributed by atoms with E-state index in [-0.39, 0.29) is 48.6 Å². The normalized spacial score (nSPS) is 10.4. The first-order chi connectivity index (χ1) is 14.4. The second-order valence-electron chi connectivity index (χ2n) is 6.14. The van der Waals surface area contributed by atoms with Crippen LogP contribution >= 0.6 is 0 Å². The largest absolute Gasteiger partial charge is 0.354 e. The summed E-state index contributed by atoms with van der Waals surface area (Å²) in [7, 11) is 0. The van der Waals surface area contributed by atoms with Gasteiger partial charge in [-0.2, -0.15) is 4.98 Å². The SMILES string of the molecule is O=C(Cc1ccc(F)cc1)NCCNC(=O)c1nc(-c2ccc([N+](=O)[O-])cc2)no1. The third-order valence-corrected chi connectivity index (χ3v) is 3.97. The molecular weight excluding hydrogens is 397 g/mol. The van der Waals surface area contributed by atoms with E-state index in [0.717, 1.165) is 0 Å². The Labute approximate surface area is 169 Å². The lowest BCUT2D eigenvalue weighted by atomic mass is 10.1. The van der Waals surface area contributed by atoms with Gasteiger partial charge in [0.15, 0.2) is 0 Å². The quantitative estimate of drug-likeness (QED) is 0.326. The fraction of sp³-hybridized carbons (Fsp3) is 0.158. The first-order valence-corrected chi connectivity index (χ1v) is 8.80. The molecule has 0 fully saturated rings. The average molecular weight is 413 g/mol. The molecular formula is C19H16FN5O5. The molecule has 0 saturated carbocycles. The third-order valence-electron chi connectivity index (χ3n) is 3.97. The van der Waals surface area contributed by atoms with Crippen molar-refractivity contribution in [3.63, 3.8) is 0 Å². The van der Waals surface area contributed by atoms with Crippen LogP contribution in [0.1, 0.15) is 16.2 Å². The van der Waals surface area contributed by atoms with Gasteiger partial charge in [-0.05, 0) is 29.8 Å². The summed E-state index contributed by atoms with van der Waals surface area (Å²) in [5.74, 6) is -1.43. The number of benzene rings is 2. The van der Waals surface area contributed by atoms with Crippen molar-refractivity contribution in [2.75, 3.05) is 13.1 Å². The van der Waals surface area contributed by atoms with Crippen molar-refractivity contribution >= 4 is 17.5 Å². The van der Waals surface area contributed by atoms with Gasteiger partial charge in [0, 0.05) is 30.8 Å². The number of halogens is 1. The number of nitrogens with zero attached hydrogens (tertiary/aromatic N) is 3. The first-order valence-electron chi connectivity index (χ1n) is 8.80. The molecule has 1 aromatic heterocycles. The molecule has 0 atom stereocenters.